The second-order valence-corrected chi connectivity index (χ2v) is 16.1. The van der Waals surface area contributed by atoms with Gasteiger partial charge in [-0.25, -0.2) is 0 Å². The van der Waals surface area contributed by atoms with Crippen molar-refractivity contribution in [2.24, 2.45) is 40.4 Å². The van der Waals surface area contributed by atoms with Crippen LogP contribution in [0, 0.1) is 40.4 Å². The van der Waals surface area contributed by atoms with Gasteiger partial charge >= 0.3 is 7.60 Å². The Bertz CT molecular complexity index is 825. The summed E-state index contributed by atoms with van der Waals surface area (Å²) in [4.78, 5) is 2.05. The van der Waals surface area contributed by atoms with E-state index in [2.05, 4.69) is 33.8 Å². The number of unbranched alkanes of at least 4 members (excludes halogenated alkanes) is 1. The first kappa shape index (κ1) is 28.8. The molecule has 0 amide bonds. The van der Waals surface area contributed by atoms with Crippen molar-refractivity contribution in [2.45, 2.75) is 111 Å². The van der Waals surface area contributed by atoms with Crippen molar-refractivity contribution in [2.75, 3.05) is 33.9 Å². The van der Waals surface area contributed by atoms with E-state index >= 15 is 0 Å². The van der Waals surface area contributed by atoms with E-state index in [9.17, 15) is 4.57 Å². The third-order valence-electron chi connectivity index (χ3n) is 11.0. The van der Waals surface area contributed by atoms with Crippen molar-refractivity contribution >= 4 is 7.60 Å². The Morgan fingerprint density at radius 1 is 1.08 bits per heavy atom. The van der Waals surface area contributed by atoms with Crippen LogP contribution in [0.15, 0.2) is 11.6 Å². The summed E-state index contributed by atoms with van der Waals surface area (Å²) in [6, 6.07) is 0. The largest absolute Gasteiger partial charge is 0.327 e. The van der Waals surface area contributed by atoms with E-state index in [1.165, 1.54) is 64.2 Å². The molecule has 8 unspecified atom stereocenters. The van der Waals surface area contributed by atoms with Crippen LogP contribution in [0.5, 0.6) is 0 Å². The van der Waals surface area contributed by atoms with Gasteiger partial charge in [-0.15, -0.1) is 0 Å². The second-order valence-electron chi connectivity index (χ2n) is 14.1. The molecule has 3 saturated carbocycles. The highest BCUT2D eigenvalue weighted by atomic mass is 31.2. The number of nitrogens with zero attached hydrogens (tertiary/aromatic N) is 1. The van der Waals surface area contributed by atoms with Gasteiger partial charge in [0.05, 0.1) is 12.7 Å². The molecule has 0 aliphatic heterocycles. The highest BCUT2D eigenvalue weighted by Crippen LogP contribution is 2.67. The summed E-state index contributed by atoms with van der Waals surface area (Å²) < 4.78 is 24.8. The number of likely N-dealkylation sites (N-methyl/N-ethyl adjacent to an activating group) is 1. The summed E-state index contributed by atoms with van der Waals surface area (Å²) in [6.07, 6.45) is 18.5. The third kappa shape index (κ3) is 6.19. The molecule has 0 N–H and O–H groups in total. The predicted octanol–water partition coefficient (Wildman–Crippen LogP) is 8.57. The van der Waals surface area contributed by atoms with Crippen molar-refractivity contribution in [1.29, 1.82) is 0 Å². The highest BCUT2D eigenvalue weighted by Gasteiger charge is 2.58. The summed E-state index contributed by atoms with van der Waals surface area (Å²) in [5, 5.41) is 0. The number of fused-ring (bicyclic) bond motifs is 5. The summed E-state index contributed by atoms with van der Waals surface area (Å²) in [5.74, 6) is 4.39. The third-order valence-corrected chi connectivity index (χ3v) is 12.4. The van der Waals surface area contributed by atoms with Crippen molar-refractivity contribution in [3.8, 4) is 0 Å². The minimum Gasteiger partial charge on any atom is -0.307 e. The van der Waals surface area contributed by atoms with Crippen molar-refractivity contribution in [3.63, 3.8) is 0 Å². The van der Waals surface area contributed by atoms with Gasteiger partial charge in [-0.2, -0.15) is 0 Å². The average Bonchev–Trinajstić information content (AvgIpc) is 3.12. The van der Waals surface area contributed by atoms with Gasteiger partial charge in [-0.1, -0.05) is 58.6 Å². The molecule has 4 nitrogen and oxygen atoms in total. The fourth-order valence-electron chi connectivity index (χ4n) is 8.93. The molecule has 4 aliphatic carbocycles. The smallest absolute Gasteiger partial charge is 0.307 e. The maximum Gasteiger partial charge on any atom is 0.327 e. The van der Waals surface area contributed by atoms with E-state index in [0.29, 0.717) is 17.4 Å². The molecule has 5 heteroatoms. The first-order valence-electron chi connectivity index (χ1n) is 15.2. The Morgan fingerprint density at radius 3 is 2.58 bits per heavy atom. The van der Waals surface area contributed by atoms with E-state index < -0.39 is 7.60 Å². The van der Waals surface area contributed by atoms with Crippen LogP contribution in [0.2, 0.25) is 0 Å². The zero-order chi connectivity index (χ0) is 26.1. The lowest BCUT2D eigenvalue weighted by Crippen LogP contribution is -2.50. The molecule has 36 heavy (non-hydrogen) atoms. The molecule has 4 rings (SSSR count). The molecular formula is C31H56NO3P. The van der Waals surface area contributed by atoms with Gasteiger partial charge in [0.1, 0.15) is 0 Å². The van der Waals surface area contributed by atoms with E-state index in [-0.39, 0.29) is 6.10 Å². The lowest BCUT2D eigenvalue weighted by atomic mass is 9.47. The van der Waals surface area contributed by atoms with Crippen LogP contribution in [0.25, 0.3) is 0 Å². The monoisotopic (exact) mass is 521 g/mol. The number of hydrogen-bond donors (Lipinski definition) is 0. The van der Waals surface area contributed by atoms with Crippen molar-refractivity contribution in [3.05, 3.63) is 11.6 Å². The first-order valence-corrected chi connectivity index (χ1v) is 17.2. The predicted molar refractivity (Wildman–Crippen MR) is 151 cm³/mol. The van der Waals surface area contributed by atoms with Crippen LogP contribution in [0.4, 0.5) is 0 Å². The van der Waals surface area contributed by atoms with Gasteiger partial charge < -0.3 is 13.9 Å². The lowest BCUT2D eigenvalue weighted by molar-refractivity contribution is -0.0499. The topological polar surface area (TPSA) is 38.8 Å². The van der Waals surface area contributed by atoms with Gasteiger partial charge in [0.2, 0.25) is 0 Å². The maximum absolute atomic E-state index is 13.0. The molecule has 4 aliphatic rings. The number of rotatable bonds is 11. The highest BCUT2D eigenvalue weighted by molar-refractivity contribution is 7.53. The minimum atomic E-state index is -3.02. The van der Waals surface area contributed by atoms with E-state index in [1.807, 2.05) is 19.0 Å². The van der Waals surface area contributed by atoms with E-state index in [0.717, 1.165) is 49.0 Å². The molecule has 8 atom stereocenters. The molecule has 0 heterocycles. The van der Waals surface area contributed by atoms with Crippen LogP contribution in [0.1, 0.15) is 105 Å². The van der Waals surface area contributed by atoms with Crippen molar-refractivity contribution < 1.29 is 13.6 Å². The van der Waals surface area contributed by atoms with E-state index in [4.69, 9.17) is 9.05 Å². The number of allylic oxidation sites excluding steroid dienone is 1. The van der Waals surface area contributed by atoms with Gasteiger partial charge in [0.25, 0.3) is 0 Å². The van der Waals surface area contributed by atoms with Gasteiger partial charge in [0.15, 0.2) is 0 Å². The Hall–Kier alpha value is -0.150. The fraction of sp³-hybridized carbons (Fsp3) is 0.935. The molecule has 0 radical (unpaired) electrons. The quantitative estimate of drug-likeness (QED) is 0.155. The van der Waals surface area contributed by atoms with Crippen LogP contribution in [-0.2, 0) is 13.6 Å². The minimum absolute atomic E-state index is 0.0339. The van der Waals surface area contributed by atoms with Crippen LogP contribution in [-0.4, -0.2) is 44.9 Å². The molecule has 0 aromatic heterocycles. The Balaban J connectivity index is 1.37. The van der Waals surface area contributed by atoms with Crippen molar-refractivity contribution in [1.82, 2.24) is 4.90 Å². The Morgan fingerprint density at radius 2 is 1.86 bits per heavy atom. The molecule has 0 aromatic carbocycles. The zero-order valence-electron chi connectivity index (χ0n) is 24.6. The Labute approximate surface area is 222 Å². The zero-order valence-corrected chi connectivity index (χ0v) is 25.5. The molecule has 0 aromatic rings. The molecule has 0 spiro atoms. The van der Waals surface area contributed by atoms with Crippen LogP contribution >= 0.6 is 7.60 Å². The Kier molecular flexibility index (Phi) is 9.24. The summed E-state index contributed by atoms with van der Waals surface area (Å²) in [6.45, 7) is 12.8. The number of hydrogen-bond acceptors (Lipinski definition) is 4. The van der Waals surface area contributed by atoms with Crippen LogP contribution < -0.4 is 0 Å². The summed E-state index contributed by atoms with van der Waals surface area (Å²) in [5.41, 5.74) is 2.48. The van der Waals surface area contributed by atoms with Crippen LogP contribution in [0.3, 0.4) is 0 Å². The lowest BCUT2D eigenvalue weighted by Gasteiger charge is -2.58. The molecule has 208 valence electrons. The SMILES string of the molecule is CC(C)CCCCC1CCC2C3CC=C4CC(OP(C)(=O)OCCN(C)C)CCC4(C)C3CCC12C. The molecule has 0 bridgehead atoms. The molecule has 3 fully saturated rings. The van der Waals surface area contributed by atoms with Gasteiger partial charge in [-0.05, 0) is 112 Å². The first-order chi connectivity index (χ1) is 16.9. The second kappa shape index (κ2) is 11.5. The average molecular weight is 522 g/mol. The van der Waals surface area contributed by atoms with Gasteiger partial charge in [-0.3, -0.25) is 4.57 Å². The summed E-state index contributed by atoms with van der Waals surface area (Å²) >= 11 is 0. The molecule has 0 saturated heterocycles. The van der Waals surface area contributed by atoms with E-state index in [1.54, 1.807) is 12.2 Å². The summed E-state index contributed by atoms with van der Waals surface area (Å²) in [7, 11) is 0.989. The maximum atomic E-state index is 13.0. The standard InChI is InChI=1S/C31H56NO3P/c1-23(2)10-8-9-11-24-13-15-28-27-14-12-25-22-26(35-36(7,33)34-21-20-32(5)6)16-18-31(25,4)29(27)17-19-30(24,28)3/h12,23-24,26-29H,8-11,13-22H2,1-7H3. The molecular weight excluding hydrogens is 465 g/mol. The normalized spacial score (nSPS) is 39.9. The van der Waals surface area contributed by atoms with Gasteiger partial charge in [0, 0.05) is 13.2 Å². The fourth-order valence-corrected chi connectivity index (χ4v) is 10.1.